The largest absolute Gasteiger partial charge is 0.392 e. The summed E-state index contributed by atoms with van der Waals surface area (Å²) in [5, 5.41) is 10.7. The molecule has 0 radical (unpaired) electrons. The molecule has 2 aliphatic carbocycles. The van der Waals surface area contributed by atoms with Crippen molar-refractivity contribution in [3.63, 3.8) is 0 Å². The van der Waals surface area contributed by atoms with Gasteiger partial charge in [0.1, 0.15) is 0 Å². The van der Waals surface area contributed by atoms with Crippen LogP contribution in [0.4, 0.5) is 0 Å². The van der Waals surface area contributed by atoms with Crippen molar-refractivity contribution in [3.05, 3.63) is 70.8 Å². The van der Waals surface area contributed by atoms with E-state index in [0.29, 0.717) is 17.8 Å². The van der Waals surface area contributed by atoms with Gasteiger partial charge in [0.2, 0.25) is 0 Å². The van der Waals surface area contributed by atoms with Crippen molar-refractivity contribution in [2.45, 2.75) is 38.2 Å². The minimum Gasteiger partial charge on any atom is -0.392 e. The van der Waals surface area contributed by atoms with Gasteiger partial charge in [-0.2, -0.15) is 0 Å². The first kappa shape index (κ1) is 13.1. The maximum absolute atomic E-state index is 10.7. The minimum absolute atomic E-state index is 0.200. The molecule has 0 aliphatic heterocycles. The molecule has 0 heterocycles. The highest BCUT2D eigenvalue weighted by molar-refractivity contribution is 5.40. The summed E-state index contributed by atoms with van der Waals surface area (Å²) in [4.78, 5) is 0. The fourth-order valence-corrected chi connectivity index (χ4v) is 4.25. The molecule has 4 atom stereocenters. The van der Waals surface area contributed by atoms with Gasteiger partial charge in [-0.25, -0.2) is 0 Å². The summed E-state index contributed by atoms with van der Waals surface area (Å²) < 4.78 is 0. The summed E-state index contributed by atoms with van der Waals surface area (Å²) in [6.45, 7) is 2.10. The third kappa shape index (κ3) is 2.30. The first-order valence-electron chi connectivity index (χ1n) is 8.05. The van der Waals surface area contributed by atoms with Crippen LogP contribution in [-0.4, -0.2) is 11.2 Å². The Balaban J connectivity index is 1.50. The van der Waals surface area contributed by atoms with Gasteiger partial charge in [-0.3, -0.25) is 0 Å². The Morgan fingerprint density at radius 1 is 1.10 bits per heavy atom. The zero-order valence-corrected chi connectivity index (χ0v) is 12.5. The quantitative estimate of drug-likeness (QED) is 0.903. The van der Waals surface area contributed by atoms with Gasteiger partial charge in [-0.05, 0) is 60.6 Å². The molecule has 1 fully saturated rings. The van der Waals surface area contributed by atoms with Crippen LogP contribution in [0.3, 0.4) is 0 Å². The van der Waals surface area contributed by atoms with Crippen LogP contribution < -0.4 is 0 Å². The molecule has 1 saturated carbocycles. The molecule has 0 spiro atoms. The number of fused-ring (bicyclic) bond motifs is 3. The molecule has 0 aromatic heterocycles. The molecular weight excluding hydrogens is 256 g/mol. The number of hydrogen-bond donors (Lipinski definition) is 1. The van der Waals surface area contributed by atoms with Crippen molar-refractivity contribution in [1.29, 1.82) is 0 Å². The third-order valence-corrected chi connectivity index (χ3v) is 5.40. The van der Waals surface area contributed by atoms with E-state index in [1.165, 1.54) is 35.1 Å². The van der Waals surface area contributed by atoms with Crippen LogP contribution in [0.5, 0.6) is 0 Å². The Labute approximate surface area is 126 Å². The molecule has 108 valence electrons. The van der Waals surface area contributed by atoms with Crippen LogP contribution in [0.2, 0.25) is 0 Å². The van der Waals surface area contributed by atoms with Crippen LogP contribution in [0.1, 0.15) is 34.6 Å². The second-order valence-electron chi connectivity index (χ2n) is 6.76. The molecule has 4 unspecified atom stereocenters. The summed E-state index contributed by atoms with van der Waals surface area (Å²) >= 11 is 0. The Morgan fingerprint density at radius 3 is 2.67 bits per heavy atom. The van der Waals surface area contributed by atoms with Gasteiger partial charge in [0.25, 0.3) is 0 Å². The summed E-state index contributed by atoms with van der Waals surface area (Å²) in [5.41, 5.74) is 5.54. The fourth-order valence-electron chi connectivity index (χ4n) is 4.25. The average Bonchev–Trinajstić information content (AvgIpc) is 3.25. The zero-order chi connectivity index (χ0) is 14.4. The van der Waals surface area contributed by atoms with Crippen LogP contribution in [0.25, 0.3) is 0 Å². The average molecular weight is 278 g/mol. The van der Waals surface area contributed by atoms with Gasteiger partial charge in [0.05, 0.1) is 6.10 Å². The predicted molar refractivity (Wildman–Crippen MR) is 85.4 cm³/mol. The molecule has 4 rings (SSSR count). The van der Waals surface area contributed by atoms with Gasteiger partial charge in [0, 0.05) is 0 Å². The monoisotopic (exact) mass is 278 g/mol. The Hall–Kier alpha value is -1.60. The third-order valence-electron chi connectivity index (χ3n) is 5.40. The molecule has 1 nitrogen and oxygen atoms in total. The number of rotatable bonds is 3. The van der Waals surface area contributed by atoms with Crippen LogP contribution >= 0.6 is 0 Å². The van der Waals surface area contributed by atoms with E-state index in [-0.39, 0.29) is 6.10 Å². The molecule has 21 heavy (non-hydrogen) atoms. The van der Waals surface area contributed by atoms with Gasteiger partial charge >= 0.3 is 0 Å². The van der Waals surface area contributed by atoms with Crippen LogP contribution in [-0.2, 0) is 12.8 Å². The molecule has 0 amide bonds. The van der Waals surface area contributed by atoms with E-state index in [2.05, 4.69) is 55.5 Å². The van der Waals surface area contributed by atoms with Crippen molar-refractivity contribution >= 4 is 0 Å². The van der Waals surface area contributed by atoms with Crippen LogP contribution in [0, 0.1) is 18.8 Å². The zero-order valence-electron chi connectivity index (χ0n) is 12.5. The molecule has 2 aliphatic rings. The summed E-state index contributed by atoms with van der Waals surface area (Å²) in [6.07, 6.45) is 3.02. The first-order chi connectivity index (χ1) is 10.2. The maximum atomic E-state index is 10.7. The lowest BCUT2D eigenvalue weighted by Crippen LogP contribution is -2.15. The topological polar surface area (TPSA) is 20.2 Å². The highest BCUT2D eigenvalue weighted by Gasteiger charge is 2.55. The lowest BCUT2D eigenvalue weighted by Gasteiger charge is -2.13. The van der Waals surface area contributed by atoms with E-state index in [4.69, 9.17) is 0 Å². The highest BCUT2D eigenvalue weighted by Crippen LogP contribution is 2.61. The van der Waals surface area contributed by atoms with E-state index >= 15 is 0 Å². The molecule has 0 saturated heterocycles. The molecule has 2 aromatic rings. The normalized spacial score (nSPS) is 27.6. The van der Waals surface area contributed by atoms with E-state index < -0.39 is 0 Å². The van der Waals surface area contributed by atoms with Gasteiger partial charge in [-0.15, -0.1) is 0 Å². The molecule has 2 aromatic carbocycles. The lowest BCUT2D eigenvalue weighted by molar-refractivity contribution is 0.143. The number of aliphatic hydroxyl groups is 1. The van der Waals surface area contributed by atoms with Crippen LogP contribution in [0.15, 0.2) is 48.5 Å². The Bertz CT molecular complexity index is 643. The molecular formula is C20H22O. The van der Waals surface area contributed by atoms with Crippen molar-refractivity contribution < 1.29 is 5.11 Å². The minimum atomic E-state index is -0.200. The van der Waals surface area contributed by atoms with Crippen molar-refractivity contribution in [2.75, 3.05) is 0 Å². The number of hydrogen-bond acceptors (Lipinski definition) is 1. The maximum Gasteiger partial charge on any atom is 0.0617 e. The molecule has 0 bridgehead atoms. The molecule has 1 heteroatoms. The highest BCUT2D eigenvalue weighted by atomic mass is 16.3. The second-order valence-corrected chi connectivity index (χ2v) is 6.76. The number of aryl methyl sites for hydroxylation is 2. The fraction of sp³-hybridized carbons (Fsp3) is 0.400. The van der Waals surface area contributed by atoms with Gasteiger partial charge in [-0.1, -0.05) is 54.1 Å². The predicted octanol–water partition coefficient (Wildman–Crippen LogP) is 3.87. The van der Waals surface area contributed by atoms with Gasteiger partial charge in [0.15, 0.2) is 0 Å². The standard InChI is InChI=1S/C20H22O/c1-13-6-8-14(9-7-13)12-18(21)20-17-11-10-15-4-2-3-5-16(15)19(17)20/h2-9,17-21H,10-12H2,1H3. The smallest absolute Gasteiger partial charge is 0.0617 e. The number of benzene rings is 2. The van der Waals surface area contributed by atoms with E-state index in [9.17, 15) is 5.11 Å². The van der Waals surface area contributed by atoms with Crippen molar-refractivity contribution in [2.24, 2.45) is 11.8 Å². The van der Waals surface area contributed by atoms with E-state index in [0.717, 1.165) is 6.42 Å². The second kappa shape index (κ2) is 4.99. The SMILES string of the molecule is Cc1ccc(CC(O)C2C3CCc4ccccc4C32)cc1. The summed E-state index contributed by atoms with van der Waals surface area (Å²) in [6, 6.07) is 17.4. The molecule has 1 N–H and O–H groups in total. The summed E-state index contributed by atoms with van der Waals surface area (Å²) in [5.74, 6) is 1.78. The Kier molecular flexibility index (Phi) is 3.11. The van der Waals surface area contributed by atoms with E-state index in [1.807, 2.05) is 0 Å². The lowest BCUT2D eigenvalue weighted by atomic mass is 9.92. The van der Waals surface area contributed by atoms with Gasteiger partial charge < -0.3 is 5.11 Å². The van der Waals surface area contributed by atoms with E-state index in [1.54, 1.807) is 0 Å². The number of aliphatic hydroxyl groups excluding tert-OH is 1. The van der Waals surface area contributed by atoms with Crippen molar-refractivity contribution in [1.82, 2.24) is 0 Å². The Morgan fingerprint density at radius 2 is 1.86 bits per heavy atom. The first-order valence-corrected chi connectivity index (χ1v) is 8.05. The summed E-state index contributed by atoms with van der Waals surface area (Å²) in [7, 11) is 0. The van der Waals surface area contributed by atoms with Crippen molar-refractivity contribution in [3.8, 4) is 0 Å².